The lowest BCUT2D eigenvalue weighted by Gasteiger charge is -2.33. The number of hydrogen-bond donors (Lipinski definition) is 4. The maximum absolute atomic E-state index is 13.5. The molecule has 0 saturated heterocycles. The van der Waals surface area contributed by atoms with Crippen molar-refractivity contribution in [1.82, 2.24) is 20.4 Å². The van der Waals surface area contributed by atoms with Crippen LogP contribution in [0.2, 0.25) is 0 Å². The average Bonchev–Trinajstić information content (AvgIpc) is 2.99. The fourth-order valence-electron chi connectivity index (χ4n) is 5.12. The number of rotatable bonds is 16. The van der Waals surface area contributed by atoms with Crippen LogP contribution < -0.4 is 10.6 Å². The van der Waals surface area contributed by atoms with Gasteiger partial charge < -0.3 is 35.4 Å². The number of aliphatic hydroxyl groups excluding tert-OH is 2. The number of ether oxygens (including phenoxy) is 1. The molecule has 0 unspecified atom stereocenters. The van der Waals surface area contributed by atoms with Gasteiger partial charge in [0.05, 0.1) is 12.1 Å². The van der Waals surface area contributed by atoms with E-state index in [9.17, 15) is 24.6 Å². The summed E-state index contributed by atoms with van der Waals surface area (Å²) in [6, 6.07) is 7.15. The van der Waals surface area contributed by atoms with Gasteiger partial charge in [-0.2, -0.15) is 0 Å². The van der Waals surface area contributed by atoms with Crippen LogP contribution in [-0.2, 0) is 20.7 Å². The maximum atomic E-state index is 13.5. The van der Waals surface area contributed by atoms with E-state index < -0.39 is 48.3 Å². The van der Waals surface area contributed by atoms with Crippen molar-refractivity contribution in [3.05, 3.63) is 35.9 Å². The Hall–Kier alpha value is -3.57. The molecule has 1 aromatic rings. The average molecular weight is 597 g/mol. The molecule has 0 aliphatic heterocycles. The summed E-state index contributed by atoms with van der Waals surface area (Å²) in [6.45, 7) is 0.999. The van der Waals surface area contributed by atoms with Crippen LogP contribution in [0.5, 0.6) is 0 Å². The molecule has 236 valence electrons. The number of aliphatic hydroxyl groups is 2. The first-order valence-corrected chi connectivity index (χ1v) is 15.0. The summed E-state index contributed by atoms with van der Waals surface area (Å²) in [5.74, 6) is 3.76. The van der Waals surface area contributed by atoms with E-state index >= 15 is 0 Å². The summed E-state index contributed by atoms with van der Waals surface area (Å²) in [7, 11) is 5.36. The Kier molecular flexibility index (Phi) is 15.6. The topological polar surface area (TPSA) is 131 Å². The van der Waals surface area contributed by atoms with Gasteiger partial charge in [-0.05, 0) is 32.0 Å². The zero-order valence-corrected chi connectivity index (χ0v) is 25.7. The molecule has 4 N–H and O–H groups in total. The first kappa shape index (κ1) is 35.6. The molecular formula is C33H48N4O6. The molecule has 3 amide bonds. The van der Waals surface area contributed by atoms with Crippen LogP contribution in [0.1, 0.15) is 56.9 Å². The van der Waals surface area contributed by atoms with Gasteiger partial charge in [0.25, 0.3) is 5.91 Å². The van der Waals surface area contributed by atoms with Gasteiger partial charge >= 0.3 is 6.09 Å². The van der Waals surface area contributed by atoms with E-state index in [2.05, 4.69) is 22.5 Å². The molecule has 1 saturated carbocycles. The van der Waals surface area contributed by atoms with Gasteiger partial charge in [-0.25, -0.2) is 4.79 Å². The Balaban J connectivity index is 2.20. The van der Waals surface area contributed by atoms with E-state index in [1.165, 1.54) is 4.90 Å². The van der Waals surface area contributed by atoms with Crippen molar-refractivity contribution >= 4 is 17.9 Å². The van der Waals surface area contributed by atoms with E-state index in [0.717, 1.165) is 37.7 Å². The molecule has 10 heteroatoms. The molecule has 5 atom stereocenters. The number of nitrogens with zero attached hydrogens (tertiary/aromatic N) is 2. The summed E-state index contributed by atoms with van der Waals surface area (Å²) in [4.78, 5) is 43.2. The summed E-state index contributed by atoms with van der Waals surface area (Å²) in [5.41, 5.74) is 0.766. The SMILES string of the molecule is C#CC[C@H](NC(=O)[C@H](Cc1ccccc1)OC(=O)N(C)CCN(C)C)C(=O)N[C@@H](CC1CCCCC1)[C@@H](O)[C@@H](O)CC#C. The van der Waals surface area contributed by atoms with Crippen LogP contribution in [0.25, 0.3) is 0 Å². The smallest absolute Gasteiger partial charge is 0.410 e. The molecule has 1 aromatic carbocycles. The Labute approximate surface area is 256 Å². The fraction of sp³-hybridized carbons (Fsp3) is 0.606. The Morgan fingerprint density at radius 1 is 0.953 bits per heavy atom. The second-order valence-electron chi connectivity index (χ2n) is 11.6. The summed E-state index contributed by atoms with van der Waals surface area (Å²) < 4.78 is 5.63. The van der Waals surface area contributed by atoms with Crippen LogP contribution in [0, 0.1) is 30.6 Å². The minimum atomic E-state index is -1.30. The van der Waals surface area contributed by atoms with Gasteiger partial charge in [-0.3, -0.25) is 9.59 Å². The minimum Gasteiger partial charge on any atom is -0.436 e. The van der Waals surface area contributed by atoms with E-state index in [4.69, 9.17) is 17.6 Å². The molecule has 43 heavy (non-hydrogen) atoms. The highest BCUT2D eigenvalue weighted by atomic mass is 16.6. The van der Waals surface area contributed by atoms with E-state index in [0.29, 0.717) is 19.5 Å². The molecule has 1 aliphatic rings. The Morgan fingerprint density at radius 3 is 2.21 bits per heavy atom. The van der Waals surface area contributed by atoms with E-state index in [1.807, 2.05) is 49.3 Å². The third-order valence-electron chi connectivity index (χ3n) is 7.72. The van der Waals surface area contributed by atoms with Crippen molar-refractivity contribution in [2.45, 2.75) is 88.2 Å². The number of nitrogens with one attached hydrogen (secondary N) is 2. The molecule has 0 bridgehead atoms. The van der Waals surface area contributed by atoms with Gasteiger partial charge in [0.15, 0.2) is 6.10 Å². The lowest BCUT2D eigenvalue weighted by molar-refractivity contribution is -0.135. The monoisotopic (exact) mass is 596 g/mol. The molecule has 0 radical (unpaired) electrons. The molecule has 0 aromatic heterocycles. The highest BCUT2D eigenvalue weighted by molar-refractivity contribution is 5.90. The van der Waals surface area contributed by atoms with Crippen molar-refractivity contribution < 1.29 is 29.3 Å². The number of benzene rings is 1. The molecule has 0 spiro atoms. The lowest BCUT2D eigenvalue weighted by Crippen LogP contribution is -2.56. The standard InChI is InChI=1S/C33H48N4O6/c1-6-14-26(31(40)35-27(30(39)28(38)15-7-2)22-24-16-10-8-11-17-24)34-32(41)29(23-25-18-12-9-13-19-25)43-33(42)37(5)21-20-36(3)4/h1-2,9,12-13,18-19,24,26-30,38-39H,8,10-11,14-17,20-23H2,3-5H3,(H,34,41)(H,35,40)/t26-,27-,28-,29-,30+/m0/s1. The van der Waals surface area contributed by atoms with Gasteiger partial charge in [0.2, 0.25) is 5.91 Å². The third kappa shape index (κ3) is 12.7. The Morgan fingerprint density at radius 2 is 1.60 bits per heavy atom. The molecule has 1 aliphatic carbocycles. The van der Waals surface area contributed by atoms with Crippen LogP contribution in [0.4, 0.5) is 4.79 Å². The summed E-state index contributed by atoms with van der Waals surface area (Å²) >= 11 is 0. The van der Waals surface area contributed by atoms with Crippen LogP contribution in [0.15, 0.2) is 30.3 Å². The van der Waals surface area contributed by atoms with Gasteiger partial charge in [-0.1, -0.05) is 62.4 Å². The third-order valence-corrected chi connectivity index (χ3v) is 7.72. The number of carbonyl (C=O) groups excluding carboxylic acids is 3. The second-order valence-corrected chi connectivity index (χ2v) is 11.6. The lowest BCUT2D eigenvalue weighted by atomic mass is 9.82. The molecular weight excluding hydrogens is 548 g/mol. The van der Waals surface area contributed by atoms with Crippen LogP contribution in [-0.4, -0.2) is 103 Å². The predicted molar refractivity (Wildman–Crippen MR) is 166 cm³/mol. The van der Waals surface area contributed by atoms with Crippen molar-refractivity contribution in [1.29, 1.82) is 0 Å². The number of likely N-dealkylation sites (N-methyl/N-ethyl adjacent to an activating group) is 2. The Bertz CT molecular complexity index is 1090. The molecule has 0 heterocycles. The van der Waals surface area contributed by atoms with Gasteiger partial charge in [0.1, 0.15) is 12.1 Å². The highest BCUT2D eigenvalue weighted by Gasteiger charge is 2.34. The van der Waals surface area contributed by atoms with Crippen LogP contribution in [0.3, 0.4) is 0 Å². The molecule has 10 nitrogen and oxygen atoms in total. The van der Waals surface area contributed by atoms with Gasteiger partial charge in [-0.15, -0.1) is 24.7 Å². The largest absolute Gasteiger partial charge is 0.436 e. The zero-order chi connectivity index (χ0) is 31.8. The predicted octanol–water partition coefficient (Wildman–Crippen LogP) is 1.94. The first-order chi connectivity index (χ1) is 20.5. The van der Waals surface area contributed by atoms with Crippen molar-refractivity contribution in [3.8, 4) is 24.7 Å². The van der Waals surface area contributed by atoms with Crippen molar-refractivity contribution in [3.63, 3.8) is 0 Å². The first-order valence-electron chi connectivity index (χ1n) is 15.0. The van der Waals surface area contributed by atoms with E-state index in [-0.39, 0.29) is 25.2 Å². The normalized spacial score (nSPS) is 16.9. The van der Waals surface area contributed by atoms with E-state index in [1.54, 1.807) is 7.05 Å². The minimum absolute atomic E-state index is 0.0712. The quantitative estimate of drug-likeness (QED) is 0.215. The summed E-state index contributed by atoms with van der Waals surface area (Å²) in [6.07, 6.45) is 12.0. The van der Waals surface area contributed by atoms with Crippen LogP contribution >= 0.6 is 0 Å². The maximum Gasteiger partial charge on any atom is 0.410 e. The van der Waals surface area contributed by atoms with Crippen molar-refractivity contribution in [2.24, 2.45) is 5.92 Å². The fourth-order valence-corrected chi connectivity index (χ4v) is 5.12. The number of terminal acetylenes is 2. The van der Waals surface area contributed by atoms with Gasteiger partial charge in [0, 0.05) is 39.4 Å². The summed E-state index contributed by atoms with van der Waals surface area (Å²) in [5, 5.41) is 26.8. The second kappa shape index (κ2) is 18.9. The zero-order valence-electron chi connectivity index (χ0n) is 25.7. The molecule has 2 rings (SSSR count). The highest BCUT2D eigenvalue weighted by Crippen LogP contribution is 2.28. The van der Waals surface area contributed by atoms with Crippen molar-refractivity contribution in [2.75, 3.05) is 34.2 Å². The number of amides is 3. The molecule has 1 fully saturated rings. The number of hydrogen-bond acceptors (Lipinski definition) is 7. The number of carbonyl (C=O) groups is 3.